The Hall–Kier alpha value is -3.46. The summed E-state index contributed by atoms with van der Waals surface area (Å²) in [4.78, 5) is 14.0. The summed E-state index contributed by atoms with van der Waals surface area (Å²) in [6.07, 6.45) is -0.278. The van der Waals surface area contributed by atoms with Crippen LogP contribution in [-0.4, -0.2) is 47.1 Å². The van der Waals surface area contributed by atoms with Gasteiger partial charge in [-0.3, -0.25) is 4.79 Å². The van der Waals surface area contributed by atoms with Crippen molar-refractivity contribution in [1.82, 2.24) is 15.2 Å². The Labute approximate surface area is 246 Å². The average Bonchev–Trinajstić information content (AvgIpc) is 3.30. The van der Waals surface area contributed by atoms with Crippen molar-refractivity contribution in [2.45, 2.75) is 57.8 Å². The number of aromatic nitrogens is 1. The Balaban J connectivity index is 1.40. The first kappa shape index (κ1) is 29.0. The van der Waals surface area contributed by atoms with E-state index in [9.17, 15) is 9.90 Å². The number of hydrogen-bond donors (Lipinski definition) is 4. The van der Waals surface area contributed by atoms with Crippen molar-refractivity contribution in [2.75, 3.05) is 24.1 Å². The molecule has 1 unspecified atom stereocenters. The number of carbonyl (C=O) groups excluding carboxylic acids is 1. The number of nitrogens with zero attached hydrogens (tertiary/aromatic N) is 1. The second-order valence-corrected chi connectivity index (χ2v) is 11.9. The highest BCUT2D eigenvalue weighted by atomic mass is 32.2. The van der Waals surface area contributed by atoms with Gasteiger partial charge in [-0.05, 0) is 60.2 Å². The highest BCUT2D eigenvalue weighted by Crippen LogP contribution is 2.39. The molecule has 4 N–H and O–H groups in total. The number of methoxy groups -OCH3 is 1. The van der Waals surface area contributed by atoms with Crippen molar-refractivity contribution in [3.05, 3.63) is 95.2 Å². The Morgan fingerprint density at radius 1 is 1.10 bits per heavy atom. The molecule has 0 saturated carbocycles. The van der Waals surface area contributed by atoms with Crippen LogP contribution in [0.1, 0.15) is 59.9 Å². The van der Waals surface area contributed by atoms with E-state index in [4.69, 9.17) is 4.74 Å². The molecule has 8 heteroatoms. The largest absolute Gasteiger partial charge is 0.497 e. The predicted octanol–water partition coefficient (Wildman–Crippen LogP) is 5.90. The van der Waals surface area contributed by atoms with E-state index in [0.29, 0.717) is 31.1 Å². The summed E-state index contributed by atoms with van der Waals surface area (Å²) in [5.41, 5.74) is 6.06. The predicted molar refractivity (Wildman–Crippen MR) is 169 cm³/mol. The van der Waals surface area contributed by atoms with Crippen LogP contribution in [0.15, 0.2) is 72.8 Å². The monoisotopic (exact) mass is 572 g/mol. The van der Waals surface area contributed by atoms with Crippen LogP contribution in [0.25, 0.3) is 10.9 Å². The molecule has 1 amide bonds. The minimum atomic E-state index is -0.797. The third kappa shape index (κ3) is 6.56. The third-order valence-electron chi connectivity index (χ3n) is 7.73. The standard InChI is InChI=1S/C33H40N4O3S/c1-21(2)26-13-14-28-32-27(26)17-30(37(32)22(3)20-41-36-28)33(39)35-29(16-23-9-6-5-7-10-23)31(38)19-34-18-24-11-8-12-25(15-24)40-4/h5-15,17,21-22,29,31,34,36,38H,16,18-20H2,1-4H3,(H,35,39)/t22?,29-,31+/m0/s1. The zero-order valence-corrected chi connectivity index (χ0v) is 25.0. The van der Waals surface area contributed by atoms with Gasteiger partial charge in [0.25, 0.3) is 5.91 Å². The van der Waals surface area contributed by atoms with Crippen molar-refractivity contribution in [3.63, 3.8) is 0 Å². The van der Waals surface area contributed by atoms with Gasteiger partial charge < -0.3 is 29.8 Å². The molecule has 0 spiro atoms. The fourth-order valence-electron chi connectivity index (χ4n) is 5.58. The molecule has 0 radical (unpaired) electrons. The smallest absolute Gasteiger partial charge is 0.268 e. The maximum Gasteiger partial charge on any atom is 0.268 e. The second kappa shape index (κ2) is 13.0. The van der Waals surface area contributed by atoms with Gasteiger partial charge in [-0.15, -0.1) is 0 Å². The number of aliphatic hydroxyl groups is 1. The number of carbonyl (C=O) groups is 1. The molecule has 5 rings (SSSR count). The highest BCUT2D eigenvalue weighted by molar-refractivity contribution is 8.00. The number of rotatable bonds is 11. The summed E-state index contributed by atoms with van der Waals surface area (Å²) in [7, 11) is 1.65. The van der Waals surface area contributed by atoms with Gasteiger partial charge in [0, 0.05) is 30.3 Å². The van der Waals surface area contributed by atoms with E-state index in [0.717, 1.165) is 39.2 Å². The van der Waals surface area contributed by atoms with Crippen molar-refractivity contribution in [2.24, 2.45) is 0 Å². The van der Waals surface area contributed by atoms with Gasteiger partial charge in [-0.1, -0.05) is 74.3 Å². The van der Waals surface area contributed by atoms with E-state index in [-0.39, 0.29) is 11.9 Å². The maximum absolute atomic E-state index is 14.0. The first-order valence-corrected chi connectivity index (χ1v) is 15.3. The molecule has 41 heavy (non-hydrogen) atoms. The molecule has 7 nitrogen and oxygen atoms in total. The number of aliphatic hydroxyl groups excluding tert-OH is 1. The molecule has 4 aromatic rings. The van der Waals surface area contributed by atoms with Crippen LogP contribution in [0, 0.1) is 0 Å². The molecule has 3 aromatic carbocycles. The fraction of sp³-hybridized carbons (Fsp3) is 0.364. The number of nitrogens with one attached hydrogen (secondary N) is 3. The van der Waals surface area contributed by atoms with Gasteiger partial charge in [-0.2, -0.15) is 0 Å². The van der Waals surface area contributed by atoms with Crippen LogP contribution in [0.3, 0.4) is 0 Å². The lowest BCUT2D eigenvalue weighted by atomic mass is 9.98. The van der Waals surface area contributed by atoms with Crippen LogP contribution in [-0.2, 0) is 13.0 Å². The van der Waals surface area contributed by atoms with Gasteiger partial charge in [0.2, 0.25) is 0 Å². The van der Waals surface area contributed by atoms with E-state index in [1.165, 1.54) is 5.56 Å². The number of hydrogen-bond acceptors (Lipinski definition) is 6. The number of benzene rings is 3. The minimum absolute atomic E-state index is 0.122. The summed E-state index contributed by atoms with van der Waals surface area (Å²) < 4.78 is 11.0. The molecule has 0 bridgehead atoms. The molecular formula is C33H40N4O3S. The van der Waals surface area contributed by atoms with Crippen LogP contribution >= 0.6 is 11.9 Å². The zero-order valence-electron chi connectivity index (χ0n) is 24.2. The maximum atomic E-state index is 14.0. The fourth-order valence-corrected chi connectivity index (χ4v) is 6.37. The van der Waals surface area contributed by atoms with Gasteiger partial charge in [0.1, 0.15) is 11.4 Å². The third-order valence-corrected chi connectivity index (χ3v) is 8.74. The normalized spacial score (nSPS) is 16.2. The van der Waals surface area contributed by atoms with Crippen molar-refractivity contribution in [1.29, 1.82) is 0 Å². The molecule has 2 heterocycles. The zero-order chi connectivity index (χ0) is 28.9. The quantitative estimate of drug-likeness (QED) is 0.168. The Morgan fingerprint density at radius 3 is 2.63 bits per heavy atom. The first-order chi connectivity index (χ1) is 19.9. The molecule has 0 saturated heterocycles. The molecule has 216 valence electrons. The second-order valence-electron chi connectivity index (χ2n) is 11.1. The summed E-state index contributed by atoms with van der Waals surface area (Å²) in [5, 5.41) is 19.0. The van der Waals surface area contributed by atoms with Gasteiger partial charge in [0.05, 0.1) is 30.5 Å². The van der Waals surface area contributed by atoms with Crippen LogP contribution in [0.2, 0.25) is 0 Å². The molecule has 3 atom stereocenters. The van der Waals surface area contributed by atoms with E-state index < -0.39 is 12.1 Å². The number of anilines is 1. The average molecular weight is 573 g/mol. The van der Waals surface area contributed by atoms with Crippen molar-refractivity contribution < 1.29 is 14.6 Å². The number of ether oxygens (including phenoxy) is 1. The van der Waals surface area contributed by atoms with Crippen LogP contribution < -0.4 is 20.1 Å². The van der Waals surface area contributed by atoms with Crippen LogP contribution in [0.4, 0.5) is 5.69 Å². The summed E-state index contributed by atoms with van der Waals surface area (Å²) in [6.45, 7) is 7.43. The molecule has 1 aliphatic rings. The molecule has 1 aliphatic heterocycles. The highest BCUT2D eigenvalue weighted by Gasteiger charge is 2.28. The van der Waals surface area contributed by atoms with Crippen molar-refractivity contribution >= 4 is 34.4 Å². The van der Waals surface area contributed by atoms with E-state index in [2.05, 4.69) is 52.8 Å². The van der Waals surface area contributed by atoms with Gasteiger partial charge in [0.15, 0.2) is 0 Å². The van der Waals surface area contributed by atoms with E-state index in [1.54, 1.807) is 19.1 Å². The van der Waals surface area contributed by atoms with Crippen LogP contribution in [0.5, 0.6) is 5.75 Å². The molecule has 0 fully saturated rings. The molecule has 1 aromatic heterocycles. The number of amides is 1. The van der Waals surface area contributed by atoms with Crippen molar-refractivity contribution in [3.8, 4) is 5.75 Å². The summed E-state index contributed by atoms with van der Waals surface area (Å²) >= 11 is 1.66. The first-order valence-electron chi connectivity index (χ1n) is 14.3. The lowest BCUT2D eigenvalue weighted by Gasteiger charge is -2.26. The Bertz CT molecular complexity index is 1490. The Kier molecular flexibility index (Phi) is 9.22. The minimum Gasteiger partial charge on any atom is -0.497 e. The topological polar surface area (TPSA) is 87.6 Å². The lowest BCUT2D eigenvalue weighted by Crippen LogP contribution is -2.49. The molecular weight excluding hydrogens is 532 g/mol. The summed E-state index contributed by atoms with van der Waals surface area (Å²) in [5.74, 6) is 1.78. The lowest BCUT2D eigenvalue weighted by molar-refractivity contribution is 0.0821. The summed E-state index contributed by atoms with van der Waals surface area (Å²) in [6, 6.07) is 23.8. The van der Waals surface area contributed by atoms with Gasteiger partial charge >= 0.3 is 0 Å². The van der Waals surface area contributed by atoms with E-state index in [1.807, 2.05) is 60.7 Å². The Morgan fingerprint density at radius 2 is 1.88 bits per heavy atom. The molecule has 0 aliphatic carbocycles. The SMILES string of the molecule is COc1cccc(CNC[C@@H](O)[C@H](Cc2ccccc2)NC(=O)c2cc3c(C(C)C)ccc4c3n2C(C)CSN4)c1. The van der Waals surface area contributed by atoms with Gasteiger partial charge in [-0.25, -0.2) is 0 Å². The van der Waals surface area contributed by atoms with E-state index >= 15 is 0 Å².